The lowest BCUT2D eigenvalue weighted by Gasteiger charge is -2.23. The van der Waals surface area contributed by atoms with Crippen molar-refractivity contribution in [3.8, 4) is 5.69 Å². The SMILES string of the molecule is CC(CNC(C)(C)C)NCc1cnn(-c2ccccc2)n1. The molecular formula is C16H25N5. The molecule has 0 radical (unpaired) electrons. The maximum Gasteiger partial charge on any atom is 0.0969 e. The van der Waals surface area contributed by atoms with Crippen LogP contribution in [0.5, 0.6) is 0 Å². The zero-order chi connectivity index (χ0) is 15.3. The highest BCUT2D eigenvalue weighted by Crippen LogP contribution is 2.04. The molecule has 0 fully saturated rings. The molecule has 0 spiro atoms. The van der Waals surface area contributed by atoms with Crippen LogP contribution in [-0.4, -0.2) is 33.1 Å². The van der Waals surface area contributed by atoms with Crippen molar-refractivity contribution in [1.29, 1.82) is 0 Å². The number of aromatic nitrogens is 3. The molecule has 2 rings (SSSR count). The van der Waals surface area contributed by atoms with Crippen LogP contribution in [0.25, 0.3) is 5.69 Å². The first-order valence-corrected chi connectivity index (χ1v) is 7.39. The van der Waals surface area contributed by atoms with Crippen LogP contribution in [0.2, 0.25) is 0 Å². The van der Waals surface area contributed by atoms with Crippen molar-refractivity contribution in [3.05, 3.63) is 42.2 Å². The fraction of sp³-hybridized carbons (Fsp3) is 0.500. The lowest BCUT2D eigenvalue weighted by molar-refractivity contribution is 0.386. The van der Waals surface area contributed by atoms with Gasteiger partial charge in [0.15, 0.2) is 0 Å². The number of hydrogen-bond acceptors (Lipinski definition) is 4. The van der Waals surface area contributed by atoms with Crippen LogP contribution in [0.1, 0.15) is 33.4 Å². The normalized spacial score (nSPS) is 13.3. The highest BCUT2D eigenvalue weighted by molar-refractivity contribution is 5.28. The molecule has 0 saturated heterocycles. The quantitative estimate of drug-likeness (QED) is 0.854. The van der Waals surface area contributed by atoms with E-state index in [4.69, 9.17) is 0 Å². The van der Waals surface area contributed by atoms with Crippen molar-refractivity contribution in [2.45, 2.75) is 45.8 Å². The predicted octanol–water partition coefficient (Wildman–Crippen LogP) is 2.13. The Kier molecular flexibility index (Phi) is 5.09. The third kappa shape index (κ3) is 5.28. The summed E-state index contributed by atoms with van der Waals surface area (Å²) >= 11 is 0. The van der Waals surface area contributed by atoms with Gasteiger partial charge in [-0.25, -0.2) is 0 Å². The van der Waals surface area contributed by atoms with Gasteiger partial charge in [0.05, 0.1) is 17.6 Å². The van der Waals surface area contributed by atoms with Crippen LogP contribution >= 0.6 is 0 Å². The molecular weight excluding hydrogens is 262 g/mol. The zero-order valence-corrected chi connectivity index (χ0v) is 13.3. The van der Waals surface area contributed by atoms with E-state index in [1.807, 2.05) is 36.5 Å². The lowest BCUT2D eigenvalue weighted by atomic mass is 10.1. The molecule has 2 N–H and O–H groups in total. The maximum absolute atomic E-state index is 4.48. The van der Waals surface area contributed by atoms with Gasteiger partial charge >= 0.3 is 0 Å². The van der Waals surface area contributed by atoms with E-state index in [1.54, 1.807) is 4.80 Å². The summed E-state index contributed by atoms with van der Waals surface area (Å²) in [6.45, 7) is 10.3. The van der Waals surface area contributed by atoms with E-state index in [0.717, 1.165) is 24.5 Å². The highest BCUT2D eigenvalue weighted by atomic mass is 15.5. The number of nitrogens with one attached hydrogen (secondary N) is 2. The van der Waals surface area contributed by atoms with E-state index in [1.165, 1.54) is 0 Å². The molecule has 0 aliphatic carbocycles. The summed E-state index contributed by atoms with van der Waals surface area (Å²) in [5, 5.41) is 15.7. The minimum absolute atomic E-state index is 0.145. The summed E-state index contributed by atoms with van der Waals surface area (Å²) in [7, 11) is 0. The molecule has 2 aromatic rings. The topological polar surface area (TPSA) is 54.8 Å². The first-order valence-electron chi connectivity index (χ1n) is 7.39. The predicted molar refractivity (Wildman–Crippen MR) is 85.4 cm³/mol. The van der Waals surface area contributed by atoms with Gasteiger partial charge in [-0.2, -0.15) is 15.0 Å². The Balaban J connectivity index is 1.83. The summed E-state index contributed by atoms with van der Waals surface area (Å²) in [5.41, 5.74) is 2.07. The minimum Gasteiger partial charge on any atom is -0.311 e. The van der Waals surface area contributed by atoms with E-state index < -0.39 is 0 Å². The number of hydrogen-bond donors (Lipinski definition) is 2. The summed E-state index contributed by atoms with van der Waals surface area (Å²) in [6, 6.07) is 10.3. The van der Waals surface area contributed by atoms with Gasteiger partial charge < -0.3 is 10.6 Å². The Hall–Kier alpha value is -1.72. The summed E-state index contributed by atoms with van der Waals surface area (Å²) in [4.78, 5) is 1.66. The molecule has 21 heavy (non-hydrogen) atoms. The van der Waals surface area contributed by atoms with Crippen molar-refractivity contribution in [1.82, 2.24) is 25.6 Å². The lowest BCUT2D eigenvalue weighted by Crippen LogP contribution is -2.44. The fourth-order valence-corrected chi connectivity index (χ4v) is 1.87. The van der Waals surface area contributed by atoms with Crippen LogP contribution in [-0.2, 0) is 6.54 Å². The van der Waals surface area contributed by atoms with Crippen molar-refractivity contribution >= 4 is 0 Å². The molecule has 1 atom stereocenters. The summed E-state index contributed by atoms with van der Waals surface area (Å²) < 4.78 is 0. The Morgan fingerprint density at radius 2 is 1.90 bits per heavy atom. The van der Waals surface area contributed by atoms with Gasteiger partial charge in [0, 0.05) is 24.7 Å². The Morgan fingerprint density at radius 1 is 1.19 bits per heavy atom. The smallest absolute Gasteiger partial charge is 0.0969 e. The fourth-order valence-electron chi connectivity index (χ4n) is 1.87. The molecule has 0 bridgehead atoms. The summed E-state index contributed by atoms with van der Waals surface area (Å²) in [5.74, 6) is 0. The van der Waals surface area contributed by atoms with Crippen LogP contribution in [0.15, 0.2) is 36.5 Å². The van der Waals surface area contributed by atoms with Crippen molar-refractivity contribution in [2.24, 2.45) is 0 Å². The zero-order valence-electron chi connectivity index (χ0n) is 13.3. The minimum atomic E-state index is 0.145. The second-order valence-corrected chi connectivity index (χ2v) is 6.37. The third-order valence-corrected chi connectivity index (χ3v) is 3.10. The van der Waals surface area contributed by atoms with Crippen LogP contribution < -0.4 is 10.6 Å². The van der Waals surface area contributed by atoms with Gasteiger partial charge in [-0.1, -0.05) is 18.2 Å². The van der Waals surface area contributed by atoms with Crippen molar-refractivity contribution in [2.75, 3.05) is 6.54 Å². The van der Waals surface area contributed by atoms with Crippen molar-refractivity contribution < 1.29 is 0 Å². The van der Waals surface area contributed by atoms with Gasteiger partial charge in [0.2, 0.25) is 0 Å². The Morgan fingerprint density at radius 3 is 2.57 bits per heavy atom. The molecule has 0 aliphatic heterocycles. The molecule has 0 amide bonds. The van der Waals surface area contributed by atoms with Gasteiger partial charge in [0.1, 0.15) is 0 Å². The number of rotatable bonds is 6. The maximum atomic E-state index is 4.48. The van der Waals surface area contributed by atoms with E-state index in [9.17, 15) is 0 Å². The number of nitrogens with zero attached hydrogens (tertiary/aromatic N) is 3. The molecule has 0 aliphatic rings. The molecule has 1 aromatic carbocycles. The van der Waals surface area contributed by atoms with Gasteiger partial charge in [0.25, 0.3) is 0 Å². The van der Waals surface area contributed by atoms with Crippen LogP contribution in [0, 0.1) is 0 Å². The molecule has 5 heteroatoms. The van der Waals surface area contributed by atoms with Gasteiger partial charge in [-0.3, -0.25) is 0 Å². The van der Waals surface area contributed by atoms with Gasteiger partial charge in [-0.15, -0.1) is 0 Å². The average molecular weight is 287 g/mol. The van der Waals surface area contributed by atoms with Gasteiger partial charge in [-0.05, 0) is 39.8 Å². The number of benzene rings is 1. The second-order valence-electron chi connectivity index (χ2n) is 6.37. The first kappa shape index (κ1) is 15.7. The monoisotopic (exact) mass is 287 g/mol. The third-order valence-electron chi connectivity index (χ3n) is 3.10. The standard InChI is InChI=1S/C16H25N5/c1-13(10-18-16(2,3)4)17-11-14-12-19-21(20-14)15-8-6-5-7-9-15/h5-9,12-13,17-18H,10-11H2,1-4H3. The highest BCUT2D eigenvalue weighted by Gasteiger charge is 2.11. The molecule has 114 valence electrons. The second kappa shape index (κ2) is 6.83. The van der Waals surface area contributed by atoms with E-state index in [-0.39, 0.29) is 5.54 Å². The van der Waals surface area contributed by atoms with E-state index in [2.05, 4.69) is 48.5 Å². The molecule has 1 unspecified atom stereocenters. The first-order chi connectivity index (χ1) is 9.94. The summed E-state index contributed by atoms with van der Waals surface area (Å²) in [6.07, 6.45) is 1.81. The van der Waals surface area contributed by atoms with Crippen molar-refractivity contribution in [3.63, 3.8) is 0 Å². The van der Waals surface area contributed by atoms with E-state index >= 15 is 0 Å². The average Bonchev–Trinajstić information content (AvgIpc) is 2.92. The Bertz CT molecular complexity index is 541. The van der Waals surface area contributed by atoms with Crippen LogP contribution in [0.3, 0.4) is 0 Å². The molecule has 5 nitrogen and oxygen atoms in total. The largest absolute Gasteiger partial charge is 0.311 e. The molecule has 0 saturated carbocycles. The number of para-hydroxylation sites is 1. The van der Waals surface area contributed by atoms with Crippen LogP contribution in [0.4, 0.5) is 0 Å². The molecule has 1 aromatic heterocycles. The van der Waals surface area contributed by atoms with E-state index in [0.29, 0.717) is 6.04 Å². The molecule has 1 heterocycles. The Labute approximate surface area is 126 Å².